The predicted octanol–water partition coefficient (Wildman–Crippen LogP) is 6.49. The molecule has 0 saturated heterocycles. The highest BCUT2D eigenvalue weighted by Gasteiger charge is 2.19. The lowest BCUT2D eigenvalue weighted by Crippen LogP contribution is -2.32. The summed E-state index contributed by atoms with van der Waals surface area (Å²) in [5, 5.41) is 7.11. The second-order valence-electron chi connectivity index (χ2n) is 8.39. The van der Waals surface area contributed by atoms with Crippen LogP contribution < -0.4 is 15.5 Å². The summed E-state index contributed by atoms with van der Waals surface area (Å²) in [6.07, 6.45) is 1.64. The van der Waals surface area contributed by atoms with Crippen LogP contribution in [0, 0.1) is 7.14 Å². The van der Waals surface area contributed by atoms with Crippen molar-refractivity contribution in [1.82, 2.24) is 10.7 Å². The Morgan fingerprint density at radius 1 is 0.842 bits per heavy atom. The Morgan fingerprint density at radius 3 is 2.05 bits per heavy atom. The van der Waals surface area contributed by atoms with Crippen LogP contribution >= 0.6 is 45.2 Å². The quantitative estimate of drug-likeness (QED) is 0.111. The first kappa shape index (κ1) is 27.8. The second-order valence-corrected chi connectivity index (χ2v) is 10.7. The van der Waals surface area contributed by atoms with E-state index in [9.17, 15) is 9.59 Å². The highest BCUT2D eigenvalue weighted by atomic mass is 127. The minimum absolute atomic E-state index is 0.0429. The van der Waals surface area contributed by atoms with Crippen LogP contribution in [0.4, 0.5) is 0 Å². The van der Waals surface area contributed by atoms with Gasteiger partial charge in [-0.05, 0) is 86.1 Å². The molecule has 2 N–H and O–H groups in total. The Morgan fingerprint density at radius 2 is 1.42 bits per heavy atom. The van der Waals surface area contributed by atoms with Gasteiger partial charge in [0.2, 0.25) is 5.91 Å². The third-order valence-electron chi connectivity index (χ3n) is 5.58. The largest absolute Gasteiger partial charge is 0.487 e. The number of ether oxygens (including phenoxy) is 1. The van der Waals surface area contributed by atoms with Crippen molar-refractivity contribution in [3.05, 3.63) is 133 Å². The van der Waals surface area contributed by atoms with Crippen molar-refractivity contribution < 1.29 is 14.3 Å². The standard InChI is InChI=1S/C30H25I2N3O3/c31-25-16-22(17-26(32)29(25)38-20-21-10-4-1-5-11-21)19-33-35-28(36)18-27(23-12-6-2-7-13-23)34-30(37)24-14-8-3-9-15-24/h1-17,19,27H,18,20H2,(H,34,37)(H,35,36)/b33-19-/t27-/m1/s1. The fourth-order valence-corrected chi connectivity index (χ4v) is 5.83. The van der Waals surface area contributed by atoms with Gasteiger partial charge < -0.3 is 10.1 Å². The minimum Gasteiger partial charge on any atom is -0.487 e. The summed E-state index contributed by atoms with van der Waals surface area (Å²) in [6, 6.07) is 31.8. The molecular weight excluding hydrogens is 704 g/mol. The molecule has 0 unspecified atom stereocenters. The first-order valence-electron chi connectivity index (χ1n) is 11.9. The molecular formula is C30H25I2N3O3. The Labute approximate surface area is 249 Å². The Kier molecular flexibility index (Phi) is 10.3. The molecule has 0 aliphatic rings. The summed E-state index contributed by atoms with van der Waals surface area (Å²) >= 11 is 4.48. The number of nitrogens with zero attached hydrogens (tertiary/aromatic N) is 1. The molecule has 192 valence electrons. The van der Waals surface area contributed by atoms with Crippen LogP contribution in [-0.2, 0) is 11.4 Å². The lowest BCUT2D eigenvalue weighted by atomic mass is 10.0. The van der Waals surface area contributed by atoms with Gasteiger partial charge in [-0.3, -0.25) is 9.59 Å². The summed E-state index contributed by atoms with van der Waals surface area (Å²) in [5.41, 5.74) is 5.90. The number of hydrogen-bond acceptors (Lipinski definition) is 4. The number of amides is 2. The first-order valence-corrected chi connectivity index (χ1v) is 14.0. The Hall–Kier alpha value is -3.25. The van der Waals surface area contributed by atoms with E-state index in [1.165, 1.54) is 0 Å². The van der Waals surface area contributed by atoms with E-state index in [1.54, 1.807) is 30.5 Å². The van der Waals surface area contributed by atoms with E-state index in [0.717, 1.165) is 29.6 Å². The van der Waals surface area contributed by atoms with E-state index < -0.39 is 6.04 Å². The molecule has 0 spiro atoms. The molecule has 0 fully saturated rings. The maximum atomic E-state index is 12.7. The fraction of sp³-hybridized carbons (Fsp3) is 0.100. The zero-order chi connectivity index (χ0) is 26.7. The normalized spacial score (nSPS) is 11.6. The van der Waals surface area contributed by atoms with Gasteiger partial charge in [0.05, 0.1) is 25.8 Å². The molecule has 0 aromatic heterocycles. The lowest BCUT2D eigenvalue weighted by molar-refractivity contribution is -0.121. The van der Waals surface area contributed by atoms with Crippen molar-refractivity contribution in [2.75, 3.05) is 0 Å². The van der Waals surface area contributed by atoms with Gasteiger partial charge in [-0.1, -0.05) is 78.9 Å². The predicted molar refractivity (Wildman–Crippen MR) is 166 cm³/mol. The molecule has 4 aromatic rings. The van der Waals surface area contributed by atoms with Crippen LogP contribution in [0.15, 0.2) is 108 Å². The molecule has 0 aliphatic heterocycles. The van der Waals surface area contributed by atoms with Crippen molar-refractivity contribution in [2.45, 2.75) is 19.1 Å². The number of nitrogens with one attached hydrogen (secondary N) is 2. The summed E-state index contributed by atoms with van der Waals surface area (Å²) < 4.78 is 7.94. The number of benzene rings is 4. The average molecular weight is 729 g/mol. The SMILES string of the molecule is O=C(C[C@@H](NC(=O)c1ccccc1)c1ccccc1)N/N=C\c1cc(I)c(OCc2ccccc2)c(I)c1. The molecule has 6 nitrogen and oxygen atoms in total. The molecule has 0 heterocycles. The number of rotatable bonds is 10. The van der Waals surface area contributed by atoms with E-state index in [-0.39, 0.29) is 18.2 Å². The van der Waals surface area contributed by atoms with E-state index >= 15 is 0 Å². The molecule has 0 aliphatic carbocycles. The summed E-state index contributed by atoms with van der Waals surface area (Å²) in [7, 11) is 0. The van der Waals surface area contributed by atoms with E-state index in [1.807, 2.05) is 78.9 Å². The number of hydrogen-bond donors (Lipinski definition) is 2. The third-order valence-corrected chi connectivity index (χ3v) is 7.18. The molecule has 1 atom stereocenters. The highest BCUT2D eigenvalue weighted by Crippen LogP contribution is 2.29. The van der Waals surface area contributed by atoms with Gasteiger partial charge >= 0.3 is 0 Å². The van der Waals surface area contributed by atoms with Crippen LogP contribution in [0.3, 0.4) is 0 Å². The third kappa shape index (κ3) is 8.12. The highest BCUT2D eigenvalue weighted by molar-refractivity contribution is 14.1. The van der Waals surface area contributed by atoms with Crippen molar-refractivity contribution in [3.63, 3.8) is 0 Å². The maximum Gasteiger partial charge on any atom is 0.251 e. The number of hydrazone groups is 1. The molecule has 4 rings (SSSR count). The van der Waals surface area contributed by atoms with E-state index in [0.29, 0.717) is 12.2 Å². The van der Waals surface area contributed by atoms with Gasteiger partial charge in [0.1, 0.15) is 12.4 Å². The number of carbonyl (C=O) groups is 2. The van der Waals surface area contributed by atoms with Crippen LogP contribution in [0.25, 0.3) is 0 Å². The van der Waals surface area contributed by atoms with E-state index in [2.05, 4.69) is 61.0 Å². The molecule has 8 heteroatoms. The van der Waals surface area contributed by atoms with E-state index in [4.69, 9.17) is 4.74 Å². The summed E-state index contributed by atoms with van der Waals surface area (Å²) in [6.45, 7) is 0.486. The van der Waals surface area contributed by atoms with Gasteiger partial charge in [-0.2, -0.15) is 5.10 Å². The Balaban J connectivity index is 1.37. The van der Waals surface area contributed by atoms with Crippen LogP contribution in [0.5, 0.6) is 5.75 Å². The smallest absolute Gasteiger partial charge is 0.251 e. The molecule has 4 aromatic carbocycles. The van der Waals surface area contributed by atoms with Crippen molar-refractivity contribution in [1.29, 1.82) is 0 Å². The molecule has 0 radical (unpaired) electrons. The van der Waals surface area contributed by atoms with Crippen LogP contribution in [0.1, 0.15) is 39.5 Å². The van der Waals surface area contributed by atoms with Gasteiger partial charge in [0.25, 0.3) is 5.91 Å². The van der Waals surface area contributed by atoms with Gasteiger partial charge in [0.15, 0.2) is 0 Å². The summed E-state index contributed by atoms with van der Waals surface area (Å²) in [4.78, 5) is 25.5. The second kappa shape index (κ2) is 14.1. The maximum absolute atomic E-state index is 12.7. The van der Waals surface area contributed by atoms with Crippen molar-refractivity contribution in [3.8, 4) is 5.75 Å². The van der Waals surface area contributed by atoms with Crippen LogP contribution in [-0.4, -0.2) is 18.0 Å². The van der Waals surface area contributed by atoms with Crippen molar-refractivity contribution >= 4 is 63.2 Å². The average Bonchev–Trinajstić information content (AvgIpc) is 2.94. The van der Waals surface area contributed by atoms with Crippen molar-refractivity contribution in [2.24, 2.45) is 5.10 Å². The number of carbonyl (C=O) groups excluding carboxylic acids is 2. The topological polar surface area (TPSA) is 79.8 Å². The fourth-order valence-electron chi connectivity index (χ4n) is 3.70. The number of halogens is 2. The Bertz CT molecular complexity index is 1380. The molecule has 0 saturated carbocycles. The van der Waals surface area contributed by atoms with Gasteiger partial charge in [-0.25, -0.2) is 5.43 Å². The van der Waals surface area contributed by atoms with Gasteiger partial charge in [-0.15, -0.1) is 0 Å². The minimum atomic E-state index is -0.498. The summed E-state index contributed by atoms with van der Waals surface area (Å²) in [5.74, 6) is 0.265. The zero-order valence-corrected chi connectivity index (χ0v) is 24.6. The molecule has 38 heavy (non-hydrogen) atoms. The first-order chi connectivity index (χ1) is 18.5. The molecule has 2 amide bonds. The molecule has 0 bridgehead atoms. The van der Waals surface area contributed by atoms with Gasteiger partial charge in [0, 0.05) is 5.56 Å². The lowest BCUT2D eigenvalue weighted by Gasteiger charge is -2.18. The van der Waals surface area contributed by atoms with Crippen LogP contribution in [0.2, 0.25) is 0 Å². The monoisotopic (exact) mass is 729 g/mol. The zero-order valence-electron chi connectivity index (χ0n) is 20.3.